The molecule has 0 radical (unpaired) electrons. The molecule has 0 aliphatic heterocycles. The van der Waals surface area contributed by atoms with Crippen molar-refractivity contribution in [2.75, 3.05) is 0 Å². The van der Waals surface area contributed by atoms with E-state index >= 15 is 0 Å². The Morgan fingerprint density at radius 2 is 1.56 bits per heavy atom. The van der Waals surface area contributed by atoms with Crippen LogP contribution < -0.4 is 5.62 Å². The second-order valence-electron chi connectivity index (χ2n) is 7.63. The Kier molecular flexibility index (Phi) is 5.39. The van der Waals surface area contributed by atoms with Crippen molar-refractivity contribution in [2.24, 2.45) is 0 Å². The predicted molar refractivity (Wildman–Crippen MR) is 123 cm³/mol. The second-order valence-corrected chi connectivity index (χ2v) is 8.07. The van der Waals surface area contributed by atoms with E-state index in [2.05, 4.69) is 5.16 Å². The summed E-state index contributed by atoms with van der Waals surface area (Å²) >= 11 is 6.01. The highest BCUT2D eigenvalue weighted by Crippen LogP contribution is 2.24. The van der Waals surface area contributed by atoms with Gasteiger partial charge < -0.3 is 18.8 Å². The number of imidazole rings is 1. The molecule has 0 saturated heterocycles. The SMILES string of the molecule is N=c1n(Cc2ccc(Cl)cc2)c2ccccc2n1CC(O)c1cc(-c2ccccc2)no1. The normalized spacial score (nSPS) is 12.3. The van der Waals surface area contributed by atoms with Gasteiger partial charge in [-0.25, -0.2) is 0 Å². The van der Waals surface area contributed by atoms with E-state index in [4.69, 9.17) is 21.5 Å². The van der Waals surface area contributed by atoms with Gasteiger partial charge in [-0.15, -0.1) is 0 Å². The number of benzene rings is 3. The molecule has 7 heteroatoms. The van der Waals surface area contributed by atoms with Crippen LogP contribution in [0.15, 0.2) is 89.5 Å². The van der Waals surface area contributed by atoms with Crippen molar-refractivity contribution in [3.63, 3.8) is 0 Å². The minimum atomic E-state index is -0.941. The van der Waals surface area contributed by atoms with Gasteiger partial charge in [0.1, 0.15) is 11.8 Å². The number of halogens is 1. The highest BCUT2D eigenvalue weighted by atomic mass is 35.5. The van der Waals surface area contributed by atoms with E-state index in [9.17, 15) is 5.11 Å². The van der Waals surface area contributed by atoms with Gasteiger partial charge in [-0.05, 0) is 29.8 Å². The first kappa shape index (κ1) is 20.3. The van der Waals surface area contributed by atoms with Crippen LogP contribution in [0.5, 0.6) is 0 Å². The van der Waals surface area contributed by atoms with Gasteiger partial charge in [0.25, 0.3) is 0 Å². The minimum absolute atomic E-state index is 0.177. The first-order valence-electron chi connectivity index (χ1n) is 10.3. The molecule has 0 aliphatic rings. The molecule has 6 nitrogen and oxygen atoms in total. The largest absolute Gasteiger partial charge is 0.383 e. The predicted octanol–water partition coefficient (Wildman–Crippen LogP) is 5.01. The zero-order valence-corrected chi connectivity index (χ0v) is 17.9. The molecule has 1 unspecified atom stereocenters. The molecule has 0 aliphatic carbocycles. The molecule has 0 fully saturated rings. The third-order valence-electron chi connectivity index (χ3n) is 5.51. The number of nitrogens with zero attached hydrogens (tertiary/aromatic N) is 3. The van der Waals surface area contributed by atoms with Crippen molar-refractivity contribution in [2.45, 2.75) is 19.2 Å². The maximum absolute atomic E-state index is 10.9. The maximum Gasteiger partial charge on any atom is 0.203 e. The lowest BCUT2D eigenvalue weighted by Gasteiger charge is -2.09. The van der Waals surface area contributed by atoms with E-state index in [1.54, 1.807) is 10.6 Å². The molecule has 2 heterocycles. The topological polar surface area (TPSA) is 80.0 Å². The molecular weight excluding hydrogens is 424 g/mol. The smallest absolute Gasteiger partial charge is 0.203 e. The van der Waals surface area contributed by atoms with Gasteiger partial charge in [-0.3, -0.25) is 5.41 Å². The van der Waals surface area contributed by atoms with Gasteiger partial charge in [-0.1, -0.05) is 71.4 Å². The van der Waals surface area contributed by atoms with Crippen molar-refractivity contribution in [1.29, 1.82) is 5.41 Å². The summed E-state index contributed by atoms with van der Waals surface area (Å²) in [5.74, 6) is 0.366. The number of nitrogens with one attached hydrogen (secondary N) is 1. The summed E-state index contributed by atoms with van der Waals surface area (Å²) in [6.45, 7) is 0.705. The fraction of sp³-hybridized carbons (Fsp3) is 0.120. The highest BCUT2D eigenvalue weighted by Gasteiger charge is 2.19. The molecule has 32 heavy (non-hydrogen) atoms. The van der Waals surface area contributed by atoms with E-state index < -0.39 is 6.10 Å². The van der Waals surface area contributed by atoms with Gasteiger partial charge in [0.2, 0.25) is 5.62 Å². The lowest BCUT2D eigenvalue weighted by atomic mass is 10.1. The van der Waals surface area contributed by atoms with E-state index in [1.807, 2.05) is 83.4 Å². The Morgan fingerprint density at radius 3 is 2.28 bits per heavy atom. The van der Waals surface area contributed by atoms with Crippen molar-refractivity contribution in [1.82, 2.24) is 14.3 Å². The number of aliphatic hydroxyl groups excluding tert-OH is 1. The lowest BCUT2D eigenvalue weighted by molar-refractivity contribution is 0.121. The Morgan fingerprint density at radius 1 is 0.906 bits per heavy atom. The molecule has 0 amide bonds. The van der Waals surface area contributed by atoms with Gasteiger partial charge in [0.15, 0.2) is 5.76 Å². The summed E-state index contributed by atoms with van der Waals surface area (Å²) < 4.78 is 9.13. The number of aliphatic hydroxyl groups is 1. The molecule has 1 atom stereocenters. The van der Waals surface area contributed by atoms with Crippen LogP contribution in [0.1, 0.15) is 17.4 Å². The molecule has 5 aromatic rings. The standard InChI is InChI=1S/C25H21ClN4O2/c26-19-12-10-17(11-13-19)15-29-21-8-4-5-9-22(21)30(25(29)27)16-23(31)24-14-20(28-32-24)18-6-2-1-3-7-18/h1-14,23,27,31H,15-16H2. The first-order valence-corrected chi connectivity index (χ1v) is 10.6. The molecule has 5 rings (SSSR count). The van der Waals surface area contributed by atoms with Crippen LogP contribution in [0.4, 0.5) is 0 Å². The Bertz CT molecular complexity index is 1420. The summed E-state index contributed by atoms with van der Waals surface area (Å²) in [5.41, 5.74) is 4.71. The summed E-state index contributed by atoms with van der Waals surface area (Å²) in [6, 6.07) is 26.8. The monoisotopic (exact) mass is 444 g/mol. The van der Waals surface area contributed by atoms with Crippen molar-refractivity contribution in [3.8, 4) is 11.3 Å². The van der Waals surface area contributed by atoms with Gasteiger partial charge in [0.05, 0.1) is 24.1 Å². The first-order chi connectivity index (χ1) is 15.6. The minimum Gasteiger partial charge on any atom is -0.383 e. The maximum atomic E-state index is 10.9. The van der Waals surface area contributed by atoms with Crippen LogP contribution in [-0.2, 0) is 13.1 Å². The number of hydrogen-bond acceptors (Lipinski definition) is 4. The van der Waals surface area contributed by atoms with E-state index in [1.165, 1.54) is 0 Å². The third-order valence-corrected chi connectivity index (χ3v) is 5.76. The Balaban J connectivity index is 1.47. The molecule has 2 aromatic heterocycles. The second kappa shape index (κ2) is 8.49. The van der Waals surface area contributed by atoms with Crippen LogP contribution in [-0.4, -0.2) is 19.4 Å². The average Bonchev–Trinajstić information content (AvgIpc) is 3.41. The number of rotatable bonds is 6. The van der Waals surface area contributed by atoms with Gasteiger partial charge in [-0.2, -0.15) is 0 Å². The van der Waals surface area contributed by atoms with E-state index in [0.717, 1.165) is 22.2 Å². The van der Waals surface area contributed by atoms with Gasteiger partial charge in [0, 0.05) is 16.7 Å². The molecule has 2 N–H and O–H groups in total. The van der Waals surface area contributed by atoms with Crippen LogP contribution >= 0.6 is 11.6 Å². The van der Waals surface area contributed by atoms with Crippen LogP contribution in [0.2, 0.25) is 5.02 Å². The Labute approximate surface area is 189 Å². The molecule has 0 bridgehead atoms. The summed E-state index contributed by atoms with van der Waals surface area (Å²) in [6.07, 6.45) is -0.941. The Hall–Kier alpha value is -3.61. The number of para-hydroxylation sites is 2. The summed E-state index contributed by atoms with van der Waals surface area (Å²) in [7, 11) is 0. The zero-order chi connectivity index (χ0) is 22.1. The number of aromatic nitrogens is 3. The van der Waals surface area contributed by atoms with Crippen LogP contribution in [0.3, 0.4) is 0 Å². The van der Waals surface area contributed by atoms with Crippen LogP contribution in [0.25, 0.3) is 22.3 Å². The van der Waals surface area contributed by atoms with E-state index in [-0.39, 0.29) is 6.54 Å². The van der Waals surface area contributed by atoms with Crippen molar-refractivity contribution in [3.05, 3.63) is 107 Å². The summed E-state index contributed by atoms with van der Waals surface area (Å²) in [5, 5.41) is 24.5. The lowest BCUT2D eigenvalue weighted by Crippen LogP contribution is -2.27. The number of fused-ring (bicyclic) bond motifs is 1. The molecule has 0 spiro atoms. The third kappa shape index (κ3) is 3.86. The molecular formula is C25H21ClN4O2. The van der Waals surface area contributed by atoms with Crippen LogP contribution in [0, 0.1) is 5.41 Å². The fourth-order valence-electron chi connectivity index (χ4n) is 3.87. The van der Waals surface area contributed by atoms with Crippen molar-refractivity contribution >= 4 is 22.6 Å². The fourth-order valence-corrected chi connectivity index (χ4v) is 3.99. The highest BCUT2D eigenvalue weighted by molar-refractivity contribution is 6.30. The van der Waals surface area contributed by atoms with Gasteiger partial charge >= 0.3 is 0 Å². The number of hydrogen-bond donors (Lipinski definition) is 2. The quantitative estimate of drug-likeness (QED) is 0.386. The summed E-state index contributed by atoms with van der Waals surface area (Å²) in [4.78, 5) is 0. The van der Waals surface area contributed by atoms with Crippen molar-refractivity contribution < 1.29 is 9.63 Å². The average molecular weight is 445 g/mol. The molecule has 3 aromatic carbocycles. The molecule has 160 valence electrons. The zero-order valence-electron chi connectivity index (χ0n) is 17.1. The molecule has 0 saturated carbocycles. The van der Waals surface area contributed by atoms with E-state index in [0.29, 0.717) is 28.6 Å².